The smallest absolute Gasteiger partial charge is 0.261 e. The van der Waals surface area contributed by atoms with Crippen LogP contribution < -0.4 is 10.6 Å². The van der Waals surface area contributed by atoms with Gasteiger partial charge in [-0.2, -0.15) is 0 Å². The molecule has 122 valence electrons. The van der Waals surface area contributed by atoms with Gasteiger partial charge in [-0.3, -0.25) is 14.4 Å². The van der Waals surface area contributed by atoms with Gasteiger partial charge in [0.05, 0.1) is 6.42 Å². The first kappa shape index (κ1) is 15.9. The third-order valence-electron chi connectivity index (χ3n) is 3.92. The van der Waals surface area contributed by atoms with Crippen LogP contribution in [0.1, 0.15) is 29.3 Å². The third kappa shape index (κ3) is 2.79. The summed E-state index contributed by atoms with van der Waals surface area (Å²) < 4.78 is 0. The minimum atomic E-state index is -1.89. The summed E-state index contributed by atoms with van der Waals surface area (Å²) in [6.45, 7) is 1.37. The van der Waals surface area contributed by atoms with Crippen LogP contribution in [0.25, 0.3) is 0 Å². The summed E-state index contributed by atoms with van der Waals surface area (Å²) in [5, 5.41) is 15.9. The fourth-order valence-electron chi connectivity index (χ4n) is 2.78. The standard InChI is InChI=1S/C18H16N2O4/c1-11(21)19-13-6-4-5-12(9-13)16(22)10-18(24)14-7-2-3-8-15(14)20-17(18)23/h2-9,24H,10H2,1H3,(H,19,21)(H,20,23)/t18-/m1/s1. The highest BCUT2D eigenvalue weighted by Crippen LogP contribution is 2.38. The summed E-state index contributed by atoms with van der Waals surface area (Å²) in [6, 6.07) is 13.1. The molecule has 2 aromatic rings. The van der Waals surface area contributed by atoms with Crippen molar-refractivity contribution in [1.82, 2.24) is 0 Å². The van der Waals surface area contributed by atoms with E-state index in [1.165, 1.54) is 13.0 Å². The van der Waals surface area contributed by atoms with Gasteiger partial charge in [0, 0.05) is 29.4 Å². The van der Waals surface area contributed by atoms with Crippen molar-refractivity contribution in [2.75, 3.05) is 10.6 Å². The van der Waals surface area contributed by atoms with Crippen LogP contribution >= 0.6 is 0 Å². The van der Waals surface area contributed by atoms with E-state index >= 15 is 0 Å². The largest absolute Gasteiger partial charge is 0.375 e. The zero-order chi connectivity index (χ0) is 17.3. The van der Waals surface area contributed by atoms with Crippen molar-refractivity contribution in [3.8, 4) is 0 Å². The third-order valence-corrected chi connectivity index (χ3v) is 3.92. The molecule has 6 heteroatoms. The maximum Gasteiger partial charge on any atom is 0.261 e. The highest BCUT2D eigenvalue weighted by atomic mass is 16.3. The van der Waals surface area contributed by atoms with Crippen LogP contribution in [0, 0.1) is 0 Å². The zero-order valence-electron chi connectivity index (χ0n) is 13.0. The fourth-order valence-corrected chi connectivity index (χ4v) is 2.78. The predicted octanol–water partition coefficient (Wildman–Crippen LogP) is 2.06. The zero-order valence-corrected chi connectivity index (χ0v) is 13.0. The van der Waals surface area contributed by atoms with Gasteiger partial charge in [0.2, 0.25) is 5.91 Å². The van der Waals surface area contributed by atoms with Crippen LogP contribution in [0.4, 0.5) is 11.4 Å². The summed E-state index contributed by atoms with van der Waals surface area (Å²) in [4.78, 5) is 35.8. The van der Waals surface area contributed by atoms with Crippen molar-refractivity contribution < 1.29 is 19.5 Å². The molecule has 24 heavy (non-hydrogen) atoms. The monoisotopic (exact) mass is 324 g/mol. The Bertz CT molecular complexity index is 846. The van der Waals surface area contributed by atoms with E-state index in [-0.39, 0.29) is 12.3 Å². The summed E-state index contributed by atoms with van der Waals surface area (Å²) in [5.41, 5.74) is -0.202. The molecule has 0 bridgehead atoms. The van der Waals surface area contributed by atoms with E-state index < -0.39 is 17.3 Å². The molecule has 0 aliphatic carbocycles. The van der Waals surface area contributed by atoms with E-state index in [0.717, 1.165) is 0 Å². The molecular weight excluding hydrogens is 308 g/mol. The van der Waals surface area contributed by atoms with E-state index in [9.17, 15) is 19.5 Å². The number of carbonyl (C=O) groups excluding carboxylic acids is 3. The quantitative estimate of drug-likeness (QED) is 0.750. The van der Waals surface area contributed by atoms with E-state index in [1.54, 1.807) is 42.5 Å². The first-order valence-corrected chi connectivity index (χ1v) is 7.44. The normalized spacial score (nSPS) is 18.7. The second-order valence-electron chi connectivity index (χ2n) is 5.72. The van der Waals surface area contributed by atoms with Gasteiger partial charge in [-0.25, -0.2) is 0 Å². The molecule has 3 rings (SSSR count). The van der Waals surface area contributed by atoms with Gasteiger partial charge in [-0.15, -0.1) is 0 Å². The molecule has 0 fully saturated rings. The molecule has 2 aromatic carbocycles. The van der Waals surface area contributed by atoms with Crippen LogP contribution in [-0.4, -0.2) is 22.7 Å². The number of aliphatic hydroxyl groups is 1. The van der Waals surface area contributed by atoms with Gasteiger partial charge in [0.15, 0.2) is 11.4 Å². The topological polar surface area (TPSA) is 95.5 Å². The molecular formula is C18H16N2O4. The maximum atomic E-state index is 12.5. The molecule has 6 nitrogen and oxygen atoms in total. The Labute approximate surface area is 138 Å². The summed E-state index contributed by atoms with van der Waals surface area (Å²) >= 11 is 0. The Morgan fingerprint density at radius 1 is 1.17 bits per heavy atom. The van der Waals surface area contributed by atoms with Crippen LogP contribution in [-0.2, 0) is 15.2 Å². The molecule has 1 heterocycles. The molecule has 1 atom stereocenters. The van der Waals surface area contributed by atoms with Gasteiger partial charge in [-0.1, -0.05) is 30.3 Å². The number of para-hydroxylation sites is 1. The van der Waals surface area contributed by atoms with Crippen LogP contribution in [0.5, 0.6) is 0 Å². The van der Waals surface area contributed by atoms with Crippen LogP contribution in [0.2, 0.25) is 0 Å². The van der Waals surface area contributed by atoms with E-state index in [0.29, 0.717) is 22.5 Å². The number of amides is 2. The molecule has 2 amide bonds. The SMILES string of the molecule is CC(=O)Nc1cccc(C(=O)C[C@]2(O)C(=O)Nc3ccccc32)c1. The molecule has 1 aliphatic rings. The number of anilines is 2. The van der Waals surface area contributed by atoms with Crippen molar-refractivity contribution >= 4 is 29.0 Å². The van der Waals surface area contributed by atoms with E-state index in [1.807, 2.05) is 0 Å². The second-order valence-corrected chi connectivity index (χ2v) is 5.72. The number of hydrogen-bond acceptors (Lipinski definition) is 4. The molecule has 0 unspecified atom stereocenters. The Hall–Kier alpha value is -2.99. The molecule has 0 spiro atoms. The molecule has 0 saturated carbocycles. The van der Waals surface area contributed by atoms with Gasteiger partial charge in [0.1, 0.15) is 0 Å². The highest BCUT2D eigenvalue weighted by Gasteiger charge is 2.46. The van der Waals surface area contributed by atoms with Gasteiger partial charge < -0.3 is 15.7 Å². The number of fused-ring (bicyclic) bond motifs is 1. The van der Waals surface area contributed by atoms with Gasteiger partial charge >= 0.3 is 0 Å². The Balaban J connectivity index is 1.87. The number of ketones is 1. The molecule has 0 saturated heterocycles. The lowest BCUT2D eigenvalue weighted by Crippen LogP contribution is -2.36. The van der Waals surface area contributed by atoms with E-state index in [2.05, 4.69) is 10.6 Å². The fraction of sp³-hybridized carbons (Fsp3) is 0.167. The van der Waals surface area contributed by atoms with Crippen LogP contribution in [0.3, 0.4) is 0 Å². The van der Waals surface area contributed by atoms with Crippen molar-refractivity contribution in [3.05, 3.63) is 59.7 Å². The first-order chi connectivity index (χ1) is 11.4. The van der Waals surface area contributed by atoms with Crippen molar-refractivity contribution in [2.45, 2.75) is 18.9 Å². The number of nitrogens with one attached hydrogen (secondary N) is 2. The van der Waals surface area contributed by atoms with Gasteiger partial charge in [-0.05, 0) is 18.2 Å². The van der Waals surface area contributed by atoms with Crippen molar-refractivity contribution in [2.24, 2.45) is 0 Å². The van der Waals surface area contributed by atoms with Crippen molar-refractivity contribution in [3.63, 3.8) is 0 Å². The Morgan fingerprint density at radius 2 is 1.92 bits per heavy atom. The number of rotatable bonds is 4. The van der Waals surface area contributed by atoms with Crippen molar-refractivity contribution in [1.29, 1.82) is 0 Å². The molecule has 0 radical (unpaired) electrons. The minimum absolute atomic E-state index is 0.248. The lowest BCUT2D eigenvalue weighted by atomic mass is 9.88. The summed E-state index contributed by atoms with van der Waals surface area (Å²) in [7, 11) is 0. The lowest BCUT2D eigenvalue weighted by molar-refractivity contribution is -0.133. The molecule has 3 N–H and O–H groups in total. The van der Waals surface area contributed by atoms with E-state index in [4.69, 9.17) is 0 Å². The number of benzene rings is 2. The Morgan fingerprint density at radius 3 is 2.67 bits per heavy atom. The van der Waals surface area contributed by atoms with Crippen LogP contribution in [0.15, 0.2) is 48.5 Å². The highest BCUT2D eigenvalue weighted by molar-refractivity contribution is 6.09. The van der Waals surface area contributed by atoms with Gasteiger partial charge in [0.25, 0.3) is 5.91 Å². The molecule has 1 aliphatic heterocycles. The number of hydrogen-bond donors (Lipinski definition) is 3. The minimum Gasteiger partial charge on any atom is -0.375 e. The average Bonchev–Trinajstić information content (AvgIpc) is 2.78. The summed E-state index contributed by atoms with van der Waals surface area (Å²) in [5.74, 6) is -1.26. The maximum absolute atomic E-state index is 12.5. The second kappa shape index (κ2) is 5.90. The average molecular weight is 324 g/mol. The number of carbonyl (C=O) groups is 3. The summed E-state index contributed by atoms with van der Waals surface area (Å²) in [6.07, 6.45) is -0.376. The predicted molar refractivity (Wildman–Crippen MR) is 88.7 cm³/mol. The molecule has 0 aromatic heterocycles. The number of Topliss-reactive ketones (excluding diaryl/α,β-unsaturated/α-hetero) is 1. The Kier molecular flexibility index (Phi) is 3.91. The lowest BCUT2D eigenvalue weighted by Gasteiger charge is -2.20. The first-order valence-electron chi connectivity index (χ1n) is 7.44.